The average molecular weight is 340 g/mol. The topological polar surface area (TPSA) is 69.0 Å². The molecule has 3 rings (SSSR count). The molecule has 7 heteroatoms. The smallest absolute Gasteiger partial charge is 0.339 e. The second kappa shape index (κ2) is 6.43. The third-order valence-electron chi connectivity index (χ3n) is 4.31. The predicted molar refractivity (Wildman–Crippen MR) is 94.9 cm³/mol. The Labute approximate surface area is 145 Å². The van der Waals surface area contributed by atoms with Crippen LogP contribution in [-0.4, -0.2) is 41.8 Å². The zero-order valence-electron chi connectivity index (χ0n) is 14.9. The molecule has 0 N–H and O–H groups in total. The number of hydrogen-bond acceptors (Lipinski definition) is 6. The van der Waals surface area contributed by atoms with Crippen LogP contribution < -0.4 is 9.64 Å². The number of rotatable bonds is 4. The van der Waals surface area contributed by atoms with Crippen molar-refractivity contribution in [3.8, 4) is 5.75 Å². The van der Waals surface area contributed by atoms with Crippen LogP contribution in [0.3, 0.4) is 0 Å². The molecule has 7 nitrogen and oxygen atoms in total. The largest absolute Gasteiger partial charge is 0.496 e. The summed E-state index contributed by atoms with van der Waals surface area (Å²) in [6.07, 6.45) is 3.12. The molecule has 0 saturated heterocycles. The molecular formula is C18H20N4O3. The number of aromatic nitrogens is 3. The molecule has 1 aromatic carbocycles. The van der Waals surface area contributed by atoms with Gasteiger partial charge in [-0.15, -0.1) is 0 Å². The Hall–Kier alpha value is -3.09. The lowest BCUT2D eigenvalue weighted by Gasteiger charge is -2.20. The maximum Gasteiger partial charge on any atom is 0.339 e. The van der Waals surface area contributed by atoms with E-state index in [2.05, 4.69) is 10.1 Å². The fourth-order valence-electron chi connectivity index (χ4n) is 2.84. The maximum atomic E-state index is 12.0. The standard InChI is InChI=1S/C18H20N4O3/c1-11-6-7-13(8-15(11)24-4)21(3)17-16-12(2)14(18(23)25-5)9-22(16)20-10-19-17/h6-10H,1-5H3. The normalized spacial score (nSPS) is 10.8. The molecule has 0 atom stereocenters. The first kappa shape index (κ1) is 16.8. The molecule has 0 aliphatic heterocycles. The first-order valence-corrected chi connectivity index (χ1v) is 7.77. The summed E-state index contributed by atoms with van der Waals surface area (Å²) < 4.78 is 11.9. The summed E-state index contributed by atoms with van der Waals surface area (Å²) in [4.78, 5) is 18.3. The van der Waals surface area contributed by atoms with Crippen LogP contribution in [0.15, 0.2) is 30.7 Å². The minimum absolute atomic E-state index is 0.395. The molecule has 2 heterocycles. The molecule has 0 bridgehead atoms. The molecule has 0 fully saturated rings. The first-order chi connectivity index (χ1) is 12.0. The highest BCUT2D eigenvalue weighted by molar-refractivity contribution is 5.95. The Bertz CT molecular complexity index is 949. The van der Waals surface area contributed by atoms with Crippen LogP contribution in [0.25, 0.3) is 5.52 Å². The lowest BCUT2D eigenvalue weighted by atomic mass is 10.1. The highest BCUT2D eigenvalue weighted by Crippen LogP contribution is 2.32. The third kappa shape index (κ3) is 2.77. The van der Waals surface area contributed by atoms with Crippen molar-refractivity contribution in [2.24, 2.45) is 0 Å². The summed E-state index contributed by atoms with van der Waals surface area (Å²) in [6, 6.07) is 5.94. The van der Waals surface area contributed by atoms with Crippen LogP contribution in [0.1, 0.15) is 21.5 Å². The van der Waals surface area contributed by atoms with Crippen LogP contribution in [0.5, 0.6) is 5.75 Å². The van der Waals surface area contributed by atoms with Gasteiger partial charge in [-0.3, -0.25) is 0 Å². The minimum Gasteiger partial charge on any atom is -0.496 e. The molecule has 0 unspecified atom stereocenters. The highest BCUT2D eigenvalue weighted by Gasteiger charge is 2.20. The number of anilines is 2. The number of ether oxygens (including phenoxy) is 2. The Morgan fingerprint density at radius 3 is 2.68 bits per heavy atom. The van der Waals surface area contributed by atoms with E-state index < -0.39 is 5.97 Å². The van der Waals surface area contributed by atoms with Crippen molar-refractivity contribution in [3.05, 3.63) is 47.4 Å². The van der Waals surface area contributed by atoms with Gasteiger partial charge in [0, 0.05) is 25.0 Å². The SMILES string of the molecule is COC(=O)c1cn2ncnc(N(C)c3ccc(C)c(OC)c3)c2c1C. The quantitative estimate of drug-likeness (QED) is 0.680. The van der Waals surface area contributed by atoms with E-state index in [1.165, 1.54) is 13.4 Å². The summed E-state index contributed by atoms with van der Waals surface area (Å²) in [7, 11) is 4.92. The van der Waals surface area contributed by atoms with Crippen LogP contribution in [0.4, 0.5) is 11.5 Å². The summed E-state index contributed by atoms with van der Waals surface area (Å²) >= 11 is 0. The molecule has 130 valence electrons. The first-order valence-electron chi connectivity index (χ1n) is 7.77. The van der Waals surface area contributed by atoms with Gasteiger partial charge in [0.2, 0.25) is 0 Å². The Morgan fingerprint density at radius 1 is 1.24 bits per heavy atom. The Balaban J connectivity index is 2.15. The maximum absolute atomic E-state index is 12.0. The number of esters is 1. The Morgan fingerprint density at radius 2 is 2.00 bits per heavy atom. The van der Waals surface area contributed by atoms with E-state index in [9.17, 15) is 4.79 Å². The van der Waals surface area contributed by atoms with Crippen molar-refractivity contribution in [1.82, 2.24) is 14.6 Å². The lowest BCUT2D eigenvalue weighted by molar-refractivity contribution is 0.0600. The molecule has 0 amide bonds. The molecule has 2 aromatic heterocycles. The number of methoxy groups -OCH3 is 2. The summed E-state index contributed by atoms with van der Waals surface area (Å²) in [5.41, 5.74) is 3.97. The number of aryl methyl sites for hydroxylation is 2. The number of carbonyl (C=O) groups excluding carboxylic acids is 1. The number of fused-ring (bicyclic) bond motifs is 1. The third-order valence-corrected chi connectivity index (χ3v) is 4.31. The van der Waals surface area contributed by atoms with Crippen LogP contribution in [0.2, 0.25) is 0 Å². The molecule has 0 saturated carbocycles. The van der Waals surface area contributed by atoms with Gasteiger partial charge in [0.25, 0.3) is 0 Å². The van der Waals surface area contributed by atoms with Crippen LogP contribution in [0, 0.1) is 13.8 Å². The van der Waals surface area contributed by atoms with Gasteiger partial charge >= 0.3 is 5.97 Å². The summed E-state index contributed by atoms with van der Waals surface area (Å²) in [5, 5.41) is 4.21. The zero-order chi connectivity index (χ0) is 18.1. The van der Waals surface area contributed by atoms with Gasteiger partial charge in [0.1, 0.15) is 17.6 Å². The molecule has 0 spiro atoms. The van der Waals surface area contributed by atoms with E-state index in [1.807, 2.05) is 44.0 Å². The molecule has 0 aliphatic rings. The second-order valence-corrected chi connectivity index (χ2v) is 5.75. The van der Waals surface area contributed by atoms with Crippen molar-refractivity contribution in [1.29, 1.82) is 0 Å². The Kier molecular flexibility index (Phi) is 4.31. The fraction of sp³-hybridized carbons (Fsp3) is 0.278. The molecule has 0 radical (unpaired) electrons. The molecule has 25 heavy (non-hydrogen) atoms. The predicted octanol–water partition coefficient (Wildman–Crippen LogP) is 2.91. The molecule has 0 aliphatic carbocycles. The number of carbonyl (C=O) groups is 1. The van der Waals surface area contributed by atoms with E-state index in [0.29, 0.717) is 11.4 Å². The zero-order valence-corrected chi connectivity index (χ0v) is 14.9. The van der Waals surface area contributed by atoms with E-state index in [-0.39, 0.29) is 0 Å². The fourth-order valence-corrected chi connectivity index (χ4v) is 2.84. The van der Waals surface area contributed by atoms with Gasteiger partial charge in [-0.2, -0.15) is 5.10 Å². The van der Waals surface area contributed by atoms with Crippen LogP contribution in [-0.2, 0) is 4.74 Å². The van der Waals surface area contributed by atoms with Crippen molar-refractivity contribution >= 4 is 23.0 Å². The summed E-state index contributed by atoms with van der Waals surface area (Å²) in [6.45, 7) is 3.85. The van der Waals surface area contributed by atoms with Gasteiger partial charge in [-0.25, -0.2) is 14.3 Å². The molecule has 3 aromatic rings. The van der Waals surface area contributed by atoms with Crippen molar-refractivity contribution in [2.75, 3.05) is 26.2 Å². The van der Waals surface area contributed by atoms with Crippen molar-refractivity contribution in [3.63, 3.8) is 0 Å². The number of benzene rings is 1. The van der Waals surface area contributed by atoms with E-state index in [1.54, 1.807) is 17.8 Å². The van der Waals surface area contributed by atoms with Gasteiger partial charge in [-0.05, 0) is 31.0 Å². The summed E-state index contributed by atoms with van der Waals surface area (Å²) in [5.74, 6) is 1.10. The second-order valence-electron chi connectivity index (χ2n) is 5.75. The molecular weight excluding hydrogens is 320 g/mol. The van der Waals surface area contributed by atoms with Crippen molar-refractivity contribution in [2.45, 2.75) is 13.8 Å². The monoisotopic (exact) mass is 340 g/mol. The van der Waals surface area contributed by atoms with Gasteiger partial charge in [0.15, 0.2) is 5.82 Å². The van der Waals surface area contributed by atoms with Gasteiger partial charge in [0.05, 0.1) is 19.8 Å². The number of nitrogens with zero attached hydrogens (tertiary/aromatic N) is 4. The van der Waals surface area contributed by atoms with Crippen molar-refractivity contribution < 1.29 is 14.3 Å². The minimum atomic E-state index is -0.395. The van der Waals surface area contributed by atoms with Crippen LogP contribution >= 0.6 is 0 Å². The van der Waals surface area contributed by atoms with E-state index in [4.69, 9.17) is 9.47 Å². The van der Waals surface area contributed by atoms with Gasteiger partial charge in [-0.1, -0.05) is 6.07 Å². The average Bonchev–Trinajstić information content (AvgIpc) is 2.98. The lowest BCUT2D eigenvalue weighted by Crippen LogP contribution is -2.13. The number of hydrogen-bond donors (Lipinski definition) is 0. The van der Waals surface area contributed by atoms with E-state index in [0.717, 1.165) is 28.1 Å². The van der Waals surface area contributed by atoms with Gasteiger partial charge < -0.3 is 14.4 Å². The van der Waals surface area contributed by atoms with E-state index >= 15 is 0 Å². The highest BCUT2D eigenvalue weighted by atomic mass is 16.5.